The first kappa shape index (κ1) is 19.4. The number of carbonyl (C=O) groups is 1. The lowest BCUT2D eigenvalue weighted by Crippen LogP contribution is -2.49. The molecule has 0 unspecified atom stereocenters. The molecular weight excluding hydrogens is 372 g/mol. The lowest BCUT2D eigenvalue weighted by atomic mass is 10.0. The van der Waals surface area contributed by atoms with Crippen molar-refractivity contribution in [3.05, 3.63) is 52.2 Å². The van der Waals surface area contributed by atoms with Gasteiger partial charge in [0.25, 0.3) is 0 Å². The van der Waals surface area contributed by atoms with Crippen LogP contribution < -0.4 is 4.74 Å². The number of β-amino-alcohol motifs (C(OH)–C–C–N with tert-alkyl or cyclic N) is 1. The van der Waals surface area contributed by atoms with E-state index in [1.807, 2.05) is 39.9 Å². The van der Waals surface area contributed by atoms with Crippen molar-refractivity contribution >= 4 is 17.2 Å². The SMILES string of the molecule is Cc1ccccc1OC1CCN([C@@H]2CN(C(=O)Cc3ccsc3)C[C@H]2O)CC1. The maximum Gasteiger partial charge on any atom is 0.227 e. The third-order valence-electron chi connectivity index (χ3n) is 5.88. The molecule has 0 radical (unpaired) electrons. The van der Waals surface area contributed by atoms with Gasteiger partial charge in [-0.05, 0) is 53.8 Å². The Morgan fingerprint density at radius 1 is 1.21 bits per heavy atom. The van der Waals surface area contributed by atoms with Crippen LogP contribution in [-0.4, -0.2) is 65.2 Å². The molecule has 2 fully saturated rings. The lowest BCUT2D eigenvalue weighted by molar-refractivity contribution is -0.129. The van der Waals surface area contributed by atoms with E-state index in [-0.39, 0.29) is 18.1 Å². The highest BCUT2D eigenvalue weighted by atomic mass is 32.1. The summed E-state index contributed by atoms with van der Waals surface area (Å²) in [6.45, 7) is 4.91. The zero-order valence-electron chi connectivity index (χ0n) is 16.3. The van der Waals surface area contributed by atoms with Gasteiger partial charge in [-0.15, -0.1) is 0 Å². The van der Waals surface area contributed by atoms with E-state index in [4.69, 9.17) is 4.74 Å². The summed E-state index contributed by atoms with van der Waals surface area (Å²) < 4.78 is 6.19. The number of likely N-dealkylation sites (tertiary alicyclic amines) is 2. The number of carbonyl (C=O) groups excluding carboxylic acids is 1. The molecule has 0 bridgehead atoms. The molecule has 5 nitrogen and oxygen atoms in total. The zero-order valence-corrected chi connectivity index (χ0v) is 17.1. The Balaban J connectivity index is 1.28. The maximum atomic E-state index is 12.6. The molecule has 150 valence electrons. The Hall–Kier alpha value is -1.89. The molecule has 2 aromatic rings. The van der Waals surface area contributed by atoms with E-state index in [2.05, 4.69) is 17.9 Å². The maximum absolute atomic E-state index is 12.6. The Labute approximate surface area is 170 Å². The molecular formula is C22H28N2O3S. The van der Waals surface area contributed by atoms with Crippen LogP contribution >= 0.6 is 11.3 Å². The monoisotopic (exact) mass is 400 g/mol. The normalized spacial score (nSPS) is 23.9. The number of thiophene rings is 1. The summed E-state index contributed by atoms with van der Waals surface area (Å²) in [5.74, 6) is 1.07. The Morgan fingerprint density at radius 2 is 2.00 bits per heavy atom. The van der Waals surface area contributed by atoms with Gasteiger partial charge in [0.2, 0.25) is 5.91 Å². The van der Waals surface area contributed by atoms with Crippen molar-refractivity contribution in [2.24, 2.45) is 0 Å². The van der Waals surface area contributed by atoms with Gasteiger partial charge in [-0.1, -0.05) is 18.2 Å². The van der Waals surface area contributed by atoms with Crippen molar-refractivity contribution in [3.63, 3.8) is 0 Å². The minimum absolute atomic E-state index is 0.0332. The van der Waals surface area contributed by atoms with E-state index in [1.165, 1.54) is 0 Å². The van der Waals surface area contributed by atoms with E-state index in [9.17, 15) is 9.90 Å². The van der Waals surface area contributed by atoms with Crippen LogP contribution in [0.15, 0.2) is 41.1 Å². The van der Waals surface area contributed by atoms with Crippen molar-refractivity contribution in [1.29, 1.82) is 0 Å². The number of hydrogen-bond donors (Lipinski definition) is 1. The van der Waals surface area contributed by atoms with Crippen molar-refractivity contribution in [2.45, 2.75) is 44.4 Å². The van der Waals surface area contributed by atoms with Gasteiger partial charge < -0.3 is 14.7 Å². The third kappa shape index (κ3) is 4.40. The number of benzene rings is 1. The molecule has 0 spiro atoms. The molecule has 2 atom stereocenters. The number of hydrogen-bond acceptors (Lipinski definition) is 5. The molecule has 1 aromatic carbocycles. The molecule has 2 aliphatic rings. The summed E-state index contributed by atoms with van der Waals surface area (Å²) in [5, 5.41) is 14.6. The third-order valence-corrected chi connectivity index (χ3v) is 6.61. The Bertz CT molecular complexity index is 787. The summed E-state index contributed by atoms with van der Waals surface area (Å²) in [6, 6.07) is 10.2. The van der Waals surface area contributed by atoms with E-state index >= 15 is 0 Å². The summed E-state index contributed by atoms with van der Waals surface area (Å²) in [6.07, 6.45) is 2.06. The number of rotatable bonds is 5. The van der Waals surface area contributed by atoms with Gasteiger partial charge in [0.05, 0.1) is 18.6 Å². The smallest absolute Gasteiger partial charge is 0.227 e. The lowest BCUT2D eigenvalue weighted by Gasteiger charge is -2.37. The van der Waals surface area contributed by atoms with Crippen LogP contribution in [-0.2, 0) is 11.2 Å². The topological polar surface area (TPSA) is 53.0 Å². The van der Waals surface area contributed by atoms with E-state index in [0.29, 0.717) is 19.5 Å². The molecule has 3 heterocycles. The van der Waals surface area contributed by atoms with Gasteiger partial charge in [0.15, 0.2) is 0 Å². The zero-order chi connectivity index (χ0) is 19.5. The number of aryl methyl sites for hydroxylation is 1. The average molecular weight is 401 g/mol. The van der Waals surface area contributed by atoms with Gasteiger partial charge in [0, 0.05) is 26.2 Å². The van der Waals surface area contributed by atoms with E-state index < -0.39 is 6.10 Å². The standard InChI is InChI=1S/C22H28N2O3S/c1-16-4-2-3-5-21(16)27-18-6-9-23(10-7-18)19-13-24(14-20(19)25)22(26)12-17-8-11-28-15-17/h2-5,8,11,15,18-20,25H,6-7,9-10,12-14H2,1H3/t19-,20-/m1/s1. The van der Waals surface area contributed by atoms with Crippen LogP contribution in [0.4, 0.5) is 0 Å². The highest BCUT2D eigenvalue weighted by Crippen LogP contribution is 2.25. The molecule has 1 aromatic heterocycles. The second-order valence-corrected chi connectivity index (χ2v) is 8.64. The van der Waals surface area contributed by atoms with Crippen LogP contribution in [0.1, 0.15) is 24.0 Å². The number of aliphatic hydroxyl groups excluding tert-OH is 1. The number of aliphatic hydroxyl groups is 1. The van der Waals surface area contributed by atoms with Gasteiger partial charge in [-0.3, -0.25) is 9.69 Å². The molecule has 2 saturated heterocycles. The van der Waals surface area contributed by atoms with Crippen LogP contribution in [0.5, 0.6) is 5.75 Å². The molecule has 4 rings (SSSR count). The van der Waals surface area contributed by atoms with Gasteiger partial charge >= 0.3 is 0 Å². The second kappa shape index (κ2) is 8.64. The summed E-state index contributed by atoms with van der Waals surface area (Å²) in [7, 11) is 0. The first-order chi connectivity index (χ1) is 13.6. The second-order valence-electron chi connectivity index (χ2n) is 7.86. The summed E-state index contributed by atoms with van der Waals surface area (Å²) in [5.41, 5.74) is 2.22. The molecule has 0 saturated carbocycles. The highest BCUT2D eigenvalue weighted by molar-refractivity contribution is 7.08. The summed E-state index contributed by atoms with van der Waals surface area (Å²) >= 11 is 1.61. The Kier molecular flexibility index (Phi) is 5.99. The van der Waals surface area contributed by atoms with Crippen molar-refractivity contribution in [1.82, 2.24) is 9.80 Å². The predicted molar refractivity (Wildman–Crippen MR) is 111 cm³/mol. The van der Waals surface area contributed by atoms with Crippen LogP contribution in [0.3, 0.4) is 0 Å². The quantitative estimate of drug-likeness (QED) is 0.839. The molecule has 2 aliphatic heterocycles. The first-order valence-electron chi connectivity index (χ1n) is 10.0. The fourth-order valence-electron chi connectivity index (χ4n) is 4.21. The van der Waals surface area contributed by atoms with Crippen LogP contribution in [0.25, 0.3) is 0 Å². The van der Waals surface area contributed by atoms with Gasteiger partial charge in [-0.25, -0.2) is 0 Å². The van der Waals surface area contributed by atoms with Gasteiger partial charge in [-0.2, -0.15) is 11.3 Å². The largest absolute Gasteiger partial charge is 0.490 e. The fraction of sp³-hybridized carbons (Fsp3) is 0.500. The van der Waals surface area contributed by atoms with Crippen molar-refractivity contribution < 1.29 is 14.6 Å². The molecule has 1 amide bonds. The minimum Gasteiger partial charge on any atom is -0.490 e. The highest BCUT2D eigenvalue weighted by Gasteiger charge is 2.39. The van der Waals surface area contributed by atoms with E-state index in [0.717, 1.165) is 42.8 Å². The molecule has 6 heteroatoms. The number of nitrogens with zero attached hydrogens (tertiary/aromatic N) is 2. The summed E-state index contributed by atoms with van der Waals surface area (Å²) in [4.78, 5) is 16.7. The van der Waals surface area contributed by atoms with Crippen LogP contribution in [0.2, 0.25) is 0 Å². The van der Waals surface area contributed by atoms with E-state index in [1.54, 1.807) is 11.3 Å². The minimum atomic E-state index is -0.472. The van der Waals surface area contributed by atoms with Crippen LogP contribution in [0, 0.1) is 6.92 Å². The van der Waals surface area contributed by atoms with Gasteiger partial charge in [0.1, 0.15) is 11.9 Å². The number of ether oxygens (including phenoxy) is 1. The first-order valence-corrected chi connectivity index (χ1v) is 11.0. The van der Waals surface area contributed by atoms with Crippen molar-refractivity contribution in [2.75, 3.05) is 26.2 Å². The average Bonchev–Trinajstić information content (AvgIpc) is 3.34. The molecule has 0 aliphatic carbocycles. The van der Waals surface area contributed by atoms with Crippen molar-refractivity contribution in [3.8, 4) is 5.75 Å². The number of para-hydroxylation sites is 1. The fourth-order valence-corrected chi connectivity index (χ4v) is 4.87. The molecule has 28 heavy (non-hydrogen) atoms. The number of amides is 1. The molecule has 1 N–H and O–H groups in total. The predicted octanol–water partition coefficient (Wildman–Crippen LogP) is 2.71. The number of piperidine rings is 1. The Morgan fingerprint density at radius 3 is 2.71 bits per heavy atom.